The Morgan fingerprint density at radius 2 is 2.08 bits per heavy atom. The highest BCUT2D eigenvalue weighted by Gasteiger charge is 2.13. The molecular weight excluding hydrogens is 338 g/mol. The summed E-state index contributed by atoms with van der Waals surface area (Å²) in [5, 5.41) is 19.2. The Bertz CT molecular complexity index is 936. The summed E-state index contributed by atoms with van der Waals surface area (Å²) in [4.78, 5) is 0. The Morgan fingerprint density at radius 1 is 1.25 bits per heavy atom. The lowest BCUT2D eigenvalue weighted by molar-refractivity contribution is 0.297. The quantitative estimate of drug-likeness (QED) is 0.778. The molecule has 3 aromatic rings. The van der Waals surface area contributed by atoms with E-state index in [1.165, 1.54) is 18.2 Å². The lowest BCUT2D eigenvalue weighted by atomic mass is 10.1. The van der Waals surface area contributed by atoms with Crippen LogP contribution in [0.4, 0.5) is 8.78 Å². The number of nitrogens with one attached hydrogen (secondary N) is 1. The van der Waals surface area contributed by atoms with Crippen LogP contribution in [0.15, 0.2) is 36.4 Å². The zero-order chi connectivity index (χ0) is 17.1. The van der Waals surface area contributed by atoms with Gasteiger partial charge in [0, 0.05) is 16.1 Å². The average molecular weight is 347 g/mol. The van der Waals surface area contributed by atoms with E-state index in [-0.39, 0.29) is 17.9 Å². The number of aromatic amines is 1. The van der Waals surface area contributed by atoms with Gasteiger partial charge in [-0.3, -0.25) is 0 Å². The first-order valence-electron chi connectivity index (χ1n) is 6.76. The molecule has 0 radical (unpaired) electrons. The molecule has 0 amide bonds. The number of rotatable bonds is 4. The van der Waals surface area contributed by atoms with E-state index in [2.05, 4.69) is 15.4 Å². The van der Waals surface area contributed by atoms with Crippen molar-refractivity contribution >= 4 is 11.6 Å². The number of hydrogen-bond acceptors (Lipinski definition) is 4. The summed E-state index contributed by atoms with van der Waals surface area (Å²) in [5.74, 6) is -1.57. The number of hydrogen-bond donors (Lipinski definition) is 1. The molecule has 0 atom stereocenters. The molecule has 0 saturated carbocycles. The van der Waals surface area contributed by atoms with Crippen molar-refractivity contribution in [2.24, 2.45) is 0 Å². The largest absolute Gasteiger partial charge is 0.489 e. The molecule has 0 saturated heterocycles. The molecule has 8 heteroatoms. The van der Waals surface area contributed by atoms with Crippen molar-refractivity contribution in [3.8, 4) is 23.1 Å². The molecule has 0 aliphatic heterocycles. The van der Waals surface area contributed by atoms with Crippen LogP contribution in [0.2, 0.25) is 5.02 Å². The van der Waals surface area contributed by atoms with Crippen LogP contribution in [0.5, 0.6) is 5.75 Å². The Labute approximate surface area is 140 Å². The van der Waals surface area contributed by atoms with Gasteiger partial charge in [0.15, 0.2) is 17.3 Å². The Kier molecular flexibility index (Phi) is 4.40. The number of nitriles is 1. The minimum absolute atomic E-state index is 0.0793. The van der Waals surface area contributed by atoms with Crippen molar-refractivity contribution in [3.63, 3.8) is 0 Å². The molecule has 0 aliphatic rings. The van der Waals surface area contributed by atoms with Crippen LogP contribution in [0.1, 0.15) is 11.3 Å². The van der Waals surface area contributed by atoms with Gasteiger partial charge in [0.05, 0.1) is 0 Å². The zero-order valence-corrected chi connectivity index (χ0v) is 12.8. The van der Waals surface area contributed by atoms with Gasteiger partial charge in [0.1, 0.15) is 24.1 Å². The summed E-state index contributed by atoms with van der Waals surface area (Å²) in [6, 6.07) is 10.5. The van der Waals surface area contributed by atoms with Crippen molar-refractivity contribution in [1.29, 1.82) is 5.26 Å². The van der Waals surface area contributed by atoms with E-state index in [1.807, 2.05) is 6.07 Å². The van der Waals surface area contributed by atoms with E-state index in [4.69, 9.17) is 21.6 Å². The second kappa shape index (κ2) is 6.64. The smallest absolute Gasteiger partial charge is 0.165 e. The van der Waals surface area contributed by atoms with Gasteiger partial charge in [-0.15, -0.1) is 5.10 Å². The van der Waals surface area contributed by atoms with Crippen LogP contribution in [-0.2, 0) is 6.61 Å². The number of nitrogens with zero attached hydrogens (tertiary/aromatic N) is 3. The lowest BCUT2D eigenvalue weighted by Gasteiger charge is -2.09. The summed E-state index contributed by atoms with van der Waals surface area (Å²) in [7, 11) is 0. The minimum atomic E-state index is -0.956. The van der Waals surface area contributed by atoms with Crippen LogP contribution in [0.25, 0.3) is 11.3 Å². The van der Waals surface area contributed by atoms with Gasteiger partial charge in [-0.1, -0.05) is 28.9 Å². The zero-order valence-electron chi connectivity index (χ0n) is 12.1. The lowest BCUT2D eigenvalue weighted by Crippen LogP contribution is -2.00. The van der Waals surface area contributed by atoms with E-state index in [0.29, 0.717) is 22.0 Å². The second-order valence-electron chi connectivity index (χ2n) is 4.82. The number of benzene rings is 2. The Morgan fingerprint density at radius 3 is 2.88 bits per heavy atom. The maximum absolute atomic E-state index is 13.6. The molecule has 1 N–H and O–H groups in total. The minimum Gasteiger partial charge on any atom is -0.489 e. The van der Waals surface area contributed by atoms with Crippen LogP contribution in [0, 0.1) is 23.0 Å². The number of H-pyrrole nitrogens is 1. The molecule has 2 aromatic carbocycles. The molecular formula is C16H9ClF2N4O. The van der Waals surface area contributed by atoms with Crippen LogP contribution in [0.3, 0.4) is 0 Å². The molecule has 3 rings (SSSR count). The highest BCUT2D eigenvalue weighted by Crippen LogP contribution is 2.29. The monoisotopic (exact) mass is 346 g/mol. The number of ether oxygens (including phenoxy) is 1. The van der Waals surface area contributed by atoms with Crippen molar-refractivity contribution in [3.05, 3.63) is 64.3 Å². The molecule has 1 heterocycles. The molecule has 0 aliphatic carbocycles. The normalized spacial score (nSPS) is 10.4. The highest BCUT2D eigenvalue weighted by molar-refractivity contribution is 6.31. The first-order chi connectivity index (χ1) is 11.6. The molecule has 0 unspecified atom stereocenters. The Hall–Kier alpha value is -2.98. The van der Waals surface area contributed by atoms with Gasteiger partial charge in [0.2, 0.25) is 0 Å². The third-order valence-corrected chi connectivity index (χ3v) is 3.45. The van der Waals surface area contributed by atoms with E-state index in [1.54, 1.807) is 12.1 Å². The van der Waals surface area contributed by atoms with Gasteiger partial charge in [-0.2, -0.15) is 5.26 Å². The van der Waals surface area contributed by atoms with Crippen LogP contribution < -0.4 is 4.74 Å². The fourth-order valence-corrected chi connectivity index (χ4v) is 2.34. The molecule has 5 nitrogen and oxygen atoms in total. The standard InChI is InChI=1S/C16H9ClF2N4O/c17-11-4-10(16-14(7-20)21-23-22-16)5-12(6-11)24-8-9-2-1-3-13(18)15(9)19/h1-6H,8H2,(H,21,22,23). The van der Waals surface area contributed by atoms with Gasteiger partial charge in [-0.05, 0) is 24.3 Å². The molecule has 0 spiro atoms. The van der Waals surface area contributed by atoms with E-state index >= 15 is 0 Å². The van der Waals surface area contributed by atoms with Gasteiger partial charge in [0.25, 0.3) is 0 Å². The fraction of sp³-hybridized carbons (Fsp3) is 0.0625. The fourth-order valence-electron chi connectivity index (χ4n) is 2.11. The van der Waals surface area contributed by atoms with Gasteiger partial charge >= 0.3 is 0 Å². The SMILES string of the molecule is N#Cc1[nH]nnc1-c1cc(Cl)cc(OCc2cccc(F)c2F)c1. The maximum atomic E-state index is 13.6. The van der Waals surface area contributed by atoms with Gasteiger partial charge < -0.3 is 4.74 Å². The van der Waals surface area contributed by atoms with Crippen LogP contribution >= 0.6 is 11.6 Å². The summed E-state index contributed by atoms with van der Waals surface area (Å²) < 4.78 is 32.3. The van der Waals surface area contributed by atoms with Crippen molar-refractivity contribution in [2.45, 2.75) is 6.61 Å². The molecule has 1 aromatic heterocycles. The summed E-state index contributed by atoms with van der Waals surface area (Å²) in [6.45, 7) is -0.173. The third-order valence-electron chi connectivity index (χ3n) is 3.23. The summed E-state index contributed by atoms with van der Waals surface area (Å²) >= 11 is 6.05. The first kappa shape index (κ1) is 15.9. The average Bonchev–Trinajstić information content (AvgIpc) is 3.04. The molecule has 0 bridgehead atoms. The third kappa shape index (κ3) is 3.19. The predicted molar refractivity (Wildman–Crippen MR) is 82.2 cm³/mol. The summed E-state index contributed by atoms with van der Waals surface area (Å²) in [6.07, 6.45) is 0. The topological polar surface area (TPSA) is 74.6 Å². The Balaban J connectivity index is 1.87. The molecule has 0 fully saturated rings. The molecule has 120 valence electrons. The van der Waals surface area contributed by atoms with Crippen LogP contribution in [-0.4, -0.2) is 15.4 Å². The predicted octanol–water partition coefficient (Wildman–Crippen LogP) is 3.85. The van der Waals surface area contributed by atoms with Crippen molar-refractivity contribution < 1.29 is 13.5 Å². The van der Waals surface area contributed by atoms with E-state index in [0.717, 1.165) is 6.07 Å². The maximum Gasteiger partial charge on any atom is 0.165 e. The second-order valence-corrected chi connectivity index (χ2v) is 5.26. The van der Waals surface area contributed by atoms with E-state index < -0.39 is 11.6 Å². The number of aromatic nitrogens is 3. The van der Waals surface area contributed by atoms with Crippen molar-refractivity contribution in [1.82, 2.24) is 15.4 Å². The molecule has 24 heavy (non-hydrogen) atoms. The van der Waals surface area contributed by atoms with Crippen molar-refractivity contribution in [2.75, 3.05) is 0 Å². The highest BCUT2D eigenvalue weighted by atomic mass is 35.5. The number of halogens is 3. The van der Waals surface area contributed by atoms with Gasteiger partial charge in [-0.25, -0.2) is 13.9 Å². The summed E-state index contributed by atoms with van der Waals surface area (Å²) in [5.41, 5.74) is 1.10. The van der Waals surface area contributed by atoms with E-state index in [9.17, 15) is 8.78 Å². The first-order valence-corrected chi connectivity index (χ1v) is 7.14.